The third-order valence-electron chi connectivity index (χ3n) is 3.49. The topological polar surface area (TPSA) is 49.3 Å². The number of thiophene rings is 1. The van der Waals surface area contributed by atoms with Crippen molar-refractivity contribution in [2.24, 2.45) is 0 Å². The van der Waals surface area contributed by atoms with Crippen LogP contribution in [0, 0.1) is 0 Å². The monoisotopic (exact) mass is 299 g/mol. The first-order chi connectivity index (χ1) is 9.26. The Labute approximate surface area is 122 Å². The second kappa shape index (κ2) is 7.31. The van der Waals surface area contributed by atoms with E-state index in [1.54, 1.807) is 23.1 Å². The Morgan fingerprint density at radius 3 is 3.05 bits per heavy atom. The molecule has 1 aliphatic rings. The largest absolute Gasteiger partial charge is 0.396 e. The van der Waals surface area contributed by atoms with Crippen LogP contribution in [0.5, 0.6) is 0 Å². The molecule has 3 nitrogen and oxygen atoms in total. The van der Waals surface area contributed by atoms with Crippen LogP contribution in [0.2, 0.25) is 0 Å². The van der Waals surface area contributed by atoms with Crippen LogP contribution in [-0.2, 0) is 12.8 Å². The van der Waals surface area contributed by atoms with E-state index in [4.69, 9.17) is 5.11 Å². The summed E-state index contributed by atoms with van der Waals surface area (Å²) in [4.78, 5) is 13.7. The third kappa shape index (κ3) is 3.74. The van der Waals surface area contributed by atoms with Gasteiger partial charge in [-0.3, -0.25) is 4.79 Å². The number of hydrogen-bond acceptors (Lipinski definition) is 4. The van der Waals surface area contributed by atoms with Crippen LogP contribution < -0.4 is 5.32 Å². The molecule has 1 heterocycles. The van der Waals surface area contributed by atoms with E-state index in [0.717, 1.165) is 24.2 Å². The van der Waals surface area contributed by atoms with Gasteiger partial charge in [-0.15, -0.1) is 11.3 Å². The number of aliphatic hydroxyl groups excluding tert-OH is 1. The van der Waals surface area contributed by atoms with Gasteiger partial charge in [0.15, 0.2) is 0 Å². The number of amides is 1. The maximum Gasteiger partial charge on any atom is 0.252 e. The number of carbonyl (C=O) groups is 1. The van der Waals surface area contributed by atoms with Gasteiger partial charge >= 0.3 is 0 Å². The molecule has 0 saturated heterocycles. The maximum absolute atomic E-state index is 12.3. The molecule has 0 radical (unpaired) electrons. The number of carbonyl (C=O) groups excluding carboxylic acids is 1. The summed E-state index contributed by atoms with van der Waals surface area (Å²) in [5.41, 5.74) is 2.13. The highest BCUT2D eigenvalue weighted by atomic mass is 32.2. The minimum Gasteiger partial charge on any atom is -0.396 e. The van der Waals surface area contributed by atoms with Crippen molar-refractivity contribution in [2.45, 2.75) is 38.1 Å². The number of thioether (sulfide) groups is 1. The Morgan fingerprint density at radius 1 is 1.53 bits per heavy atom. The van der Waals surface area contributed by atoms with Crippen molar-refractivity contribution in [2.75, 3.05) is 18.6 Å². The highest BCUT2D eigenvalue weighted by Crippen LogP contribution is 2.30. The average Bonchev–Trinajstić information content (AvgIpc) is 2.83. The number of aliphatic hydroxyl groups is 1. The summed E-state index contributed by atoms with van der Waals surface area (Å²) in [7, 11) is 0. The number of hydrogen-bond donors (Lipinski definition) is 2. The van der Waals surface area contributed by atoms with Crippen molar-refractivity contribution >= 4 is 29.0 Å². The van der Waals surface area contributed by atoms with Crippen LogP contribution in [0.3, 0.4) is 0 Å². The molecule has 0 saturated carbocycles. The fourth-order valence-electron chi connectivity index (χ4n) is 2.50. The Morgan fingerprint density at radius 2 is 2.32 bits per heavy atom. The van der Waals surface area contributed by atoms with Gasteiger partial charge in [0.25, 0.3) is 5.91 Å². The minimum absolute atomic E-state index is 0.0342. The average molecular weight is 299 g/mol. The van der Waals surface area contributed by atoms with Crippen LogP contribution in [0.15, 0.2) is 5.38 Å². The summed E-state index contributed by atoms with van der Waals surface area (Å²) in [5.74, 6) is 0.880. The molecule has 19 heavy (non-hydrogen) atoms. The van der Waals surface area contributed by atoms with Crippen LogP contribution in [0.1, 0.15) is 40.1 Å². The molecular formula is C14H21NO2S2. The first kappa shape index (κ1) is 14.9. The van der Waals surface area contributed by atoms with Crippen LogP contribution in [0.4, 0.5) is 0 Å². The normalized spacial score (nSPS) is 15.9. The second-order valence-corrected chi connectivity index (χ2v) is 6.77. The standard InChI is InChI=1S/C14H21NO2S2/c1-18-8-10(6-7-16)15-14(17)12-9-19-13-5-3-2-4-11(12)13/h9-10,16H,2-8H2,1H3,(H,15,17). The molecular weight excluding hydrogens is 278 g/mol. The Bertz CT molecular complexity index is 425. The van der Waals surface area contributed by atoms with Gasteiger partial charge < -0.3 is 10.4 Å². The highest BCUT2D eigenvalue weighted by Gasteiger charge is 2.21. The molecule has 2 N–H and O–H groups in total. The lowest BCUT2D eigenvalue weighted by molar-refractivity contribution is 0.0934. The van der Waals surface area contributed by atoms with Crippen LogP contribution in [0.25, 0.3) is 0 Å². The van der Waals surface area contributed by atoms with Gasteiger partial charge in [-0.1, -0.05) is 0 Å². The van der Waals surface area contributed by atoms with Crippen molar-refractivity contribution in [1.82, 2.24) is 5.32 Å². The zero-order valence-electron chi connectivity index (χ0n) is 11.3. The fourth-order valence-corrected chi connectivity index (χ4v) is 4.28. The van der Waals surface area contributed by atoms with Gasteiger partial charge in [0, 0.05) is 28.7 Å². The fraction of sp³-hybridized carbons (Fsp3) is 0.643. The van der Waals surface area contributed by atoms with Crippen molar-refractivity contribution < 1.29 is 9.90 Å². The molecule has 1 unspecified atom stereocenters. The molecule has 0 aromatic carbocycles. The zero-order valence-corrected chi connectivity index (χ0v) is 12.9. The smallest absolute Gasteiger partial charge is 0.252 e. The highest BCUT2D eigenvalue weighted by molar-refractivity contribution is 7.98. The van der Waals surface area contributed by atoms with Gasteiger partial charge in [-0.2, -0.15) is 11.8 Å². The first-order valence-corrected chi connectivity index (χ1v) is 9.03. The molecule has 0 fully saturated rings. The first-order valence-electron chi connectivity index (χ1n) is 6.76. The summed E-state index contributed by atoms with van der Waals surface area (Å²) in [6.45, 7) is 0.118. The molecule has 2 rings (SSSR count). The predicted molar refractivity (Wildman–Crippen MR) is 82.3 cm³/mol. The summed E-state index contributed by atoms with van der Waals surface area (Å²) >= 11 is 3.41. The Hall–Kier alpha value is -0.520. The molecule has 0 spiro atoms. The van der Waals surface area contributed by atoms with Gasteiger partial charge in [0.05, 0.1) is 5.56 Å². The minimum atomic E-state index is 0.0342. The van der Waals surface area contributed by atoms with Crippen molar-refractivity contribution in [3.63, 3.8) is 0 Å². The van der Waals surface area contributed by atoms with E-state index in [1.165, 1.54) is 23.3 Å². The number of aryl methyl sites for hydroxylation is 1. The van der Waals surface area contributed by atoms with Gasteiger partial charge in [-0.25, -0.2) is 0 Å². The number of rotatable bonds is 6. The van der Waals surface area contributed by atoms with E-state index in [9.17, 15) is 4.79 Å². The summed E-state index contributed by atoms with van der Waals surface area (Å²) in [5, 5.41) is 14.1. The maximum atomic E-state index is 12.3. The molecule has 106 valence electrons. The molecule has 1 aromatic rings. The van der Waals surface area contributed by atoms with Crippen LogP contribution in [-0.4, -0.2) is 35.7 Å². The third-order valence-corrected chi connectivity index (χ3v) is 5.31. The molecule has 5 heteroatoms. The molecule has 0 bridgehead atoms. The van der Waals surface area contributed by atoms with Crippen molar-refractivity contribution in [1.29, 1.82) is 0 Å². The quantitative estimate of drug-likeness (QED) is 0.848. The number of nitrogens with one attached hydrogen (secondary N) is 1. The molecule has 1 aliphatic carbocycles. The predicted octanol–water partition coefficient (Wildman–Crippen LogP) is 2.47. The van der Waals surface area contributed by atoms with E-state index in [0.29, 0.717) is 6.42 Å². The van der Waals surface area contributed by atoms with E-state index in [1.807, 2.05) is 11.6 Å². The second-order valence-electron chi connectivity index (χ2n) is 4.90. The van der Waals surface area contributed by atoms with Gasteiger partial charge in [-0.05, 0) is 43.9 Å². The lowest BCUT2D eigenvalue weighted by Crippen LogP contribution is -2.37. The molecule has 1 aromatic heterocycles. The summed E-state index contributed by atoms with van der Waals surface area (Å²) < 4.78 is 0. The lowest BCUT2D eigenvalue weighted by atomic mass is 9.95. The molecule has 1 atom stereocenters. The van der Waals surface area contributed by atoms with E-state index in [2.05, 4.69) is 5.32 Å². The molecule has 1 amide bonds. The van der Waals surface area contributed by atoms with Gasteiger partial charge in [0.2, 0.25) is 0 Å². The van der Waals surface area contributed by atoms with Crippen LogP contribution >= 0.6 is 23.1 Å². The van der Waals surface area contributed by atoms with E-state index in [-0.39, 0.29) is 18.6 Å². The van der Waals surface area contributed by atoms with E-state index < -0.39 is 0 Å². The van der Waals surface area contributed by atoms with Gasteiger partial charge in [0.1, 0.15) is 0 Å². The Balaban J connectivity index is 2.04. The Kier molecular flexibility index (Phi) is 5.73. The number of fused-ring (bicyclic) bond motifs is 1. The lowest BCUT2D eigenvalue weighted by Gasteiger charge is -2.18. The molecule has 0 aliphatic heterocycles. The summed E-state index contributed by atoms with van der Waals surface area (Å²) in [6, 6.07) is 0.0617. The SMILES string of the molecule is CSCC(CCO)NC(=O)c1csc2c1CCCC2. The van der Waals surface area contributed by atoms with Crippen molar-refractivity contribution in [3.8, 4) is 0 Å². The zero-order chi connectivity index (χ0) is 13.7. The van der Waals surface area contributed by atoms with Crippen molar-refractivity contribution in [3.05, 3.63) is 21.4 Å². The van der Waals surface area contributed by atoms with E-state index >= 15 is 0 Å². The summed E-state index contributed by atoms with van der Waals surface area (Å²) in [6.07, 6.45) is 7.23.